The molecule has 0 rings (SSSR count). The van der Waals surface area contributed by atoms with Crippen LogP contribution in [0, 0.1) is 0 Å². The van der Waals surface area contributed by atoms with Gasteiger partial charge in [-0.05, 0) is 34.5 Å². The molecule has 0 saturated carbocycles. The van der Waals surface area contributed by atoms with Gasteiger partial charge in [0.15, 0.2) is 0 Å². The highest BCUT2D eigenvalue weighted by Gasteiger charge is 1.90. The first-order valence-corrected chi connectivity index (χ1v) is 8.16. The van der Waals surface area contributed by atoms with E-state index in [0.717, 1.165) is 12.1 Å². The first kappa shape index (κ1) is 8.57. The van der Waals surface area contributed by atoms with Crippen LogP contribution in [0.2, 0.25) is 6.32 Å². The van der Waals surface area contributed by atoms with Crippen molar-refractivity contribution >= 4 is 46.0 Å². The SMILES string of the molecule is [B]CCSP(C)I. The Bertz CT molecular complexity index is 43.9. The average Bonchev–Trinajstić information content (AvgIpc) is 1.61. The standard InChI is InChI=1S/C3H7BIPS/c1-6(5)7-3-2-4/h2-3H2,1H3. The zero-order valence-corrected chi connectivity index (χ0v) is 8.09. The van der Waals surface area contributed by atoms with Crippen LogP contribution >= 0.6 is 38.2 Å². The molecule has 0 aromatic heterocycles. The third-order valence-electron chi connectivity index (χ3n) is 0.387. The minimum Gasteiger partial charge on any atom is -0.124 e. The summed E-state index contributed by atoms with van der Waals surface area (Å²) < 4.78 is 0.200. The van der Waals surface area contributed by atoms with Crippen molar-refractivity contribution in [1.29, 1.82) is 0 Å². The molecular weight excluding hydrogens is 237 g/mol. The average molecular weight is 244 g/mol. The van der Waals surface area contributed by atoms with Gasteiger partial charge in [0.1, 0.15) is 0 Å². The van der Waals surface area contributed by atoms with Gasteiger partial charge in [0.05, 0.1) is 7.85 Å². The van der Waals surface area contributed by atoms with Gasteiger partial charge >= 0.3 is 0 Å². The number of halogens is 1. The van der Waals surface area contributed by atoms with Crippen LogP contribution in [0.4, 0.5) is 0 Å². The van der Waals surface area contributed by atoms with Crippen molar-refractivity contribution in [2.75, 3.05) is 12.4 Å². The molecule has 0 spiro atoms. The maximum Gasteiger partial charge on any atom is 0.0664 e. The predicted molar refractivity (Wildman–Crippen MR) is 49.9 cm³/mol. The lowest BCUT2D eigenvalue weighted by molar-refractivity contribution is 1.52. The van der Waals surface area contributed by atoms with Crippen LogP contribution in [-0.4, -0.2) is 20.3 Å². The van der Waals surface area contributed by atoms with Crippen LogP contribution in [0.3, 0.4) is 0 Å². The van der Waals surface area contributed by atoms with Gasteiger partial charge in [0.2, 0.25) is 0 Å². The molecule has 1 atom stereocenters. The van der Waals surface area contributed by atoms with E-state index in [1.807, 2.05) is 11.4 Å². The highest BCUT2D eigenvalue weighted by atomic mass is 127. The van der Waals surface area contributed by atoms with Gasteiger partial charge in [0, 0.05) is 4.77 Å². The molecule has 0 bridgehead atoms. The van der Waals surface area contributed by atoms with E-state index in [1.54, 1.807) is 0 Å². The molecule has 0 amide bonds. The smallest absolute Gasteiger partial charge is 0.0664 e. The predicted octanol–water partition coefficient (Wildman–Crippen LogP) is 2.68. The van der Waals surface area contributed by atoms with E-state index < -0.39 is 0 Å². The molecule has 0 heterocycles. The third-order valence-corrected chi connectivity index (χ3v) is 5.28. The molecule has 0 aliphatic carbocycles. The Balaban J connectivity index is 2.68. The van der Waals surface area contributed by atoms with Crippen molar-refractivity contribution in [3.8, 4) is 0 Å². The fourth-order valence-electron chi connectivity index (χ4n) is 0.178. The molecule has 1 unspecified atom stereocenters. The van der Waals surface area contributed by atoms with Gasteiger partial charge in [-0.1, -0.05) is 6.32 Å². The van der Waals surface area contributed by atoms with Crippen molar-refractivity contribution < 1.29 is 0 Å². The molecule has 40 valence electrons. The Kier molecular flexibility index (Phi) is 6.99. The Morgan fingerprint density at radius 1 is 1.86 bits per heavy atom. The van der Waals surface area contributed by atoms with E-state index >= 15 is 0 Å². The number of rotatable bonds is 3. The van der Waals surface area contributed by atoms with E-state index in [1.165, 1.54) is 0 Å². The minimum atomic E-state index is 0.200. The zero-order valence-electron chi connectivity index (χ0n) is 4.22. The summed E-state index contributed by atoms with van der Waals surface area (Å²) in [5.74, 6) is 1.12. The second-order valence-corrected chi connectivity index (χ2v) is 11.3. The summed E-state index contributed by atoms with van der Waals surface area (Å²) in [5, 5.41) is 0. The molecular formula is C3H7BIPS. The summed E-state index contributed by atoms with van der Waals surface area (Å²) >= 11 is 4.40. The van der Waals surface area contributed by atoms with Gasteiger partial charge in [-0.25, -0.2) is 0 Å². The number of hydrogen-bond acceptors (Lipinski definition) is 1. The summed E-state index contributed by atoms with van der Waals surface area (Å²) in [6.45, 7) is 2.23. The third kappa shape index (κ3) is 7.57. The fraction of sp³-hybridized carbons (Fsp3) is 1.00. The van der Waals surface area contributed by atoms with Crippen molar-refractivity contribution in [3.05, 3.63) is 0 Å². The molecule has 0 aliphatic rings. The van der Waals surface area contributed by atoms with E-state index in [0.29, 0.717) is 0 Å². The van der Waals surface area contributed by atoms with Crippen molar-refractivity contribution in [2.24, 2.45) is 0 Å². The monoisotopic (exact) mass is 244 g/mol. The van der Waals surface area contributed by atoms with Crippen LogP contribution in [-0.2, 0) is 0 Å². The number of hydrogen-bond donors (Lipinski definition) is 0. The lowest BCUT2D eigenvalue weighted by Crippen LogP contribution is -1.69. The van der Waals surface area contributed by atoms with E-state index in [4.69, 9.17) is 7.85 Å². The molecule has 7 heavy (non-hydrogen) atoms. The Labute approximate surface area is 64.6 Å². The van der Waals surface area contributed by atoms with Crippen molar-refractivity contribution in [3.63, 3.8) is 0 Å². The van der Waals surface area contributed by atoms with Crippen LogP contribution in [0.5, 0.6) is 0 Å². The lowest BCUT2D eigenvalue weighted by Gasteiger charge is -1.97. The maximum atomic E-state index is 5.26. The summed E-state index contributed by atoms with van der Waals surface area (Å²) in [7, 11) is 5.26. The molecule has 0 N–H and O–H groups in total. The van der Waals surface area contributed by atoms with Gasteiger partial charge in [-0.15, -0.1) is 11.4 Å². The molecule has 0 fully saturated rings. The summed E-state index contributed by atoms with van der Waals surface area (Å²) in [6.07, 6.45) is 0.820. The Hall–Kier alpha value is 1.57. The highest BCUT2D eigenvalue weighted by molar-refractivity contribution is 14.2. The summed E-state index contributed by atoms with van der Waals surface area (Å²) in [4.78, 5) is 0. The summed E-state index contributed by atoms with van der Waals surface area (Å²) in [5.41, 5.74) is 0. The van der Waals surface area contributed by atoms with Gasteiger partial charge in [0.25, 0.3) is 0 Å². The summed E-state index contributed by atoms with van der Waals surface area (Å²) in [6, 6.07) is 0. The quantitative estimate of drug-likeness (QED) is 0.417. The Morgan fingerprint density at radius 2 is 2.43 bits per heavy atom. The van der Waals surface area contributed by atoms with E-state index in [9.17, 15) is 0 Å². The van der Waals surface area contributed by atoms with Crippen LogP contribution in [0.1, 0.15) is 0 Å². The fourth-order valence-corrected chi connectivity index (χ4v) is 3.38. The minimum absolute atomic E-state index is 0.200. The molecule has 0 nitrogen and oxygen atoms in total. The molecule has 0 aromatic rings. The van der Waals surface area contributed by atoms with Gasteiger partial charge in [-0.2, -0.15) is 0 Å². The zero-order chi connectivity index (χ0) is 5.70. The first-order chi connectivity index (χ1) is 3.27. The highest BCUT2D eigenvalue weighted by Crippen LogP contribution is 2.53. The lowest BCUT2D eigenvalue weighted by atomic mass is 10.1. The second-order valence-electron chi connectivity index (χ2n) is 1.04. The van der Waals surface area contributed by atoms with Crippen LogP contribution in [0.15, 0.2) is 0 Å². The maximum absolute atomic E-state index is 5.26. The molecule has 0 aromatic carbocycles. The van der Waals surface area contributed by atoms with Crippen LogP contribution in [0.25, 0.3) is 0 Å². The van der Waals surface area contributed by atoms with Gasteiger partial charge < -0.3 is 0 Å². The molecule has 4 heteroatoms. The van der Waals surface area contributed by atoms with Crippen molar-refractivity contribution in [1.82, 2.24) is 0 Å². The Morgan fingerprint density at radius 3 is 2.57 bits per heavy atom. The first-order valence-electron chi connectivity index (χ1n) is 2.00. The van der Waals surface area contributed by atoms with Crippen molar-refractivity contribution in [2.45, 2.75) is 6.32 Å². The second kappa shape index (κ2) is 5.71. The normalized spacial score (nSPS) is 14.0. The van der Waals surface area contributed by atoms with Crippen LogP contribution < -0.4 is 0 Å². The molecule has 0 saturated heterocycles. The molecule has 2 radical (unpaired) electrons. The molecule has 0 aliphatic heterocycles. The topological polar surface area (TPSA) is 0 Å². The van der Waals surface area contributed by atoms with E-state index in [2.05, 4.69) is 28.7 Å². The van der Waals surface area contributed by atoms with E-state index in [-0.39, 0.29) is 4.77 Å². The largest absolute Gasteiger partial charge is 0.124 e. The van der Waals surface area contributed by atoms with Gasteiger partial charge in [-0.3, -0.25) is 0 Å².